The molecule has 0 saturated carbocycles. The Morgan fingerprint density at radius 3 is 2.39 bits per heavy atom. The zero-order valence-corrected chi connectivity index (χ0v) is 15.0. The number of halogens is 3. The van der Waals surface area contributed by atoms with Crippen molar-refractivity contribution in [3.63, 3.8) is 0 Å². The van der Waals surface area contributed by atoms with E-state index in [9.17, 15) is 0 Å². The predicted octanol–water partition coefficient (Wildman–Crippen LogP) is 5.55. The highest BCUT2D eigenvalue weighted by Gasteiger charge is 2.13. The number of benzene rings is 2. The molecule has 0 aliphatic carbocycles. The quantitative estimate of drug-likeness (QED) is 0.413. The fourth-order valence-corrected chi connectivity index (χ4v) is 3.64. The van der Waals surface area contributed by atoms with Crippen LogP contribution in [0.2, 0.25) is 0 Å². The molecule has 0 spiro atoms. The highest BCUT2D eigenvalue weighted by molar-refractivity contribution is 14.1. The molecule has 0 amide bonds. The van der Waals surface area contributed by atoms with Crippen molar-refractivity contribution in [1.82, 2.24) is 0 Å². The van der Waals surface area contributed by atoms with Crippen LogP contribution in [0.1, 0.15) is 16.0 Å². The molecular weight excluding hydrogens is 471 g/mol. The Morgan fingerprint density at radius 1 is 1.11 bits per heavy atom. The maximum atomic E-state index is 5.17. The average molecular weight is 482 g/mol. The SMILES string of the molecule is COc1ccc(C(Br)c2cc(I)ccc2Br)cc1. The number of alkyl halides is 1. The molecule has 2 aromatic rings. The van der Waals surface area contributed by atoms with Gasteiger partial charge in [0.05, 0.1) is 11.9 Å². The van der Waals surface area contributed by atoms with Gasteiger partial charge in [0.1, 0.15) is 5.75 Å². The third-order valence-corrected chi connectivity index (χ3v) is 5.05. The van der Waals surface area contributed by atoms with Gasteiger partial charge in [0.2, 0.25) is 0 Å². The molecule has 2 rings (SSSR count). The monoisotopic (exact) mass is 480 g/mol. The third-order valence-electron chi connectivity index (χ3n) is 2.64. The summed E-state index contributed by atoms with van der Waals surface area (Å²) < 4.78 is 7.51. The van der Waals surface area contributed by atoms with Crippen LogP contribution in [-0.4, -0.2) is 7.11 Å². The Bertz CT molecular complexity index is 540. The van der Waals surface area contributed by atoms with Crippen LogP contribution in [0, 0.1) is 3.57 Å². The first-order valence-corrected chi connectivity index (χ1v) is 8.13. The molecule has 1 nitrogen and oxygen atoms in total. The van der Waals surface area contributed by atoms with Crippen LogP contribution >= 0.6 is 54.5 Å². The van der Waals surface area contributed by atoms with Crippen LogP contribution in [0.15, 0.2) is 46.9 Å². The number of rotatable bonds is 3. The molecule has 1 atom stereocenters. The van der Waals surface area contributed by atoms with Crippen molar-refractivity contribution >= 4 is 54.5 Å². The third kappa shape index (κ3) is 3.27. The van der Waals surface area contributed by atoms with Gasteiger partial charge in [0.15, 0.2) is 0 Å². The summed E-state index contributed by atoms with van der Waals surface area (Å²) >= 11 is 9.67. The molecule has 94 valence electrons. The number of ether oxygens (including phenoxy) is 1. The largest absolute Gasteiger partial charge is 0.497 e. The van der Waals surface area contributed by atoms with Crippen LogP contribution < -0.4 is 4.74 Å². The molecule has 0 heterocycles. The molecule has 0 fully saturated rings. The molecule has 0 radical (unpaired) electrons. The van der Waals surface area contributed by atoms with E-state index in [2.05, 4.69) is 84.8 Å². The van der Waals surface area contributed by atoms with E-state index < -0.39 is 0 Å². The number of methoxy groups -OCH3 is 1. The molecule has 18 heavy (non-hydrogen) atoms. The Kier molecular flexibility index (Phi) is 5.09. The minimum absolute atomic E-state index is 0.174. The minimum Gasteiger partial charge on any atom is -0.497 e. The smallest absolute Gasteiger partial charge is 0.118 e. The summed E-state index contributed by atoms with van der Waals surface area (Å²) in [4.78, 5) is 0.174. The van der Waals surface area contributed by atoms with E-state index in [-0.39, 0.29) is 4.83 Å². The second-order valence-corrected chi connectivity index (χ2v) is 6.82. The standard InChI is InChI=1S/C14H11Br2IO/c1-18-11-5-2-9(3-6-11)14(16)12-8-10(17)4-7-13(12)15/h2-8,14H,1H3. The van der Waals surface area contributed by atoms with Gasteiger partial charge in [-0.3, -0.25) is 0 Å². The van der Waals surface area contributed by atoms with Gasteiger partial charge >= 0.3 is 0 Å². The van der Waals surface area contributed by atoms with E-state index in [0.29, 0.717) is 0 Å². The highest BCUT2D eigenvalue weighted by Crippen LogP contribution is 2.36. The summed E-state index contributed by atoms with van der Waals surface area (Å²) in [5.41, 5.74) is 2.44. The van der Waals surface area contributed by atoms with Gasteiger partial charge in [0, 0.05) is 8.04 Å². The van der Waals surface area contributed by atoms with Crippen molar-refractivity contribution < 1.29 is 4.74 Å². The zero-order chi connectivity index (χ0) is 13.1. The van der Waals surface area contributed by atoms with Crippen LogP contribution in [0.25, 0.3) is 0 Å². The van der Waals surface area contributed by atoms with E-state index in [1.54, 1.807) is 7.11 Å². The maximum Gasteiger partial charge on any atom is 0.118 e. The lowest BCUT2D eigenvalue weighted by atomic mass is 10.0. The van der Waals surface area contributed by atoms with E-state index >= 15 is 0 Å². The van der Waals surface area contributed by atoms with E-state index in [0.717, 1.165) is 10.2 Å². The Balaban J connectivity index is 2.34. The van der Waals surface area contributed by atoms with Gasteiger partial charge in [-0.1, -0.05) is 44.0 Å². The van der Waals surface area contributed by atoms with Crippen molar-refractivity contribution in [3.05, 3.63) is 61.6 Å². The predicted molar refractivity (Wildman–Crippen MR) is 90.6 cm³/mol. The highest BCUT2D eigenvalue weighted by atomic mass is 127. The van der Waals surface area contributed by atoms with Gasteiger partial charge in [-0.05, 0) is 64.0 Å². The summed E-state index contributed by atoms with van der Waals surface area (Å²) in [5.74, 6) is 0.875. The van der Waals surface area contributed by atoms with Crippen molar-refractivity contribution in [1.29, 1.82) is 0 Å². The summed E-state index contributed by atoms with van der Waals surface area (Å²) in [6.45, 7) is 0. The molecule has 2 aromatic carbocycles. The zero-order valence-electron chi connectivity index (χ0n) is 9.66. The lowest BCUT2D eigenvalue weighted by Crippen LogP contribution is -1.95. The molecule has 0 N–H and O–H groups in total. The second-order valence-electron chi connectivity index (χ2n) is 3.80. The molecule has 0 saturated heterocycles. The first kappa shape index (κ1) is 14.3. The van der Waals surface area contributed by atoms with Crippen LogP contribution in [-0.2, 0) is 0 Å². The molecule has 0 aliphatic heterocycles. The normalized spacial score (nSPS) is 12.2. The summed E-state index contributed by atoms with van der Waals surface area (Å²) in [7, 11) is 1.68. The fraction of sp³-hybridized carbons (Fsp3) is 0.143. The Morgan fingerprint density at radius 2 is 1.78 bits per heavy atom. The van der Waals surface area contributed by atoms with Crippen LogP contribution in [0.3, 0.4) is 0 Å². The fourth-order valence-electron chi connectivity index (χ4n) is 1.66. The second kappa shape index (κ2) is 6.39. The Hall–Kier alpha value is -0.0700. The number of hydrogen-bond acceptors (Lipinski definition) is 1. The van der Waals surface area contributed by atoms with Crippen LogP contribution in [0.4, 0.5) is 0 Å². The van der Waals surface area contributed by atoms with E-state index in [1.165, 1.54) is 14.7 Å². The molecule has 0 aliphatic rings. The van der Waals surface area contributed by atoms with Crippen molar-refractivity contribution in [3.8, 4) is 5.75 Å². The molecule has 0 bridgehead atoms. The van der Waals surface area contributed by atoms with Gasteiger partial charge in [-0.2, -0.15) is 0 Å². The molecule has 0 aromatic heterocycles. The van der Waals surface area contributed by atoms with Gasteiger partial charge in [0.25, 0.3) is 0 Å². The lowest BCUT2D eigenvalue weighted by Gasteiger charge is -2.13. The topological polar surface area (TPSA) is 9.23 Å². The lowest BCUT2D eigenvalue weighted by molar-refractivity contribution is 0.414. The van der Waals surface area contributed by atoms with E-state index in [4.69, 9.17) is 4.74 Å². The molecule has 4 heteroatoms. The van der Waals surface area contributed by atoms with E-state index in [1.807, 2.05) is 12.1 Å². The average Bonchev–Trinajstić information content (AvgIpc) is 2.41. The summed E-state index contributed by atoms with van der Waals surface area (Å²) in [5, 5.41) is 0. The van der Waals surface area contributed by atoms with Gasteiger partial charge in [-0.25, -0.2) is 0 Å². The first-order chi connectivity index (χ1) is 8.61. The summed E-state index contributed by atoms with van der Waals surface area (Å²) in [6, 6.07) is 14.4. The number of hydrogen-bond donors (Lipinski definition) is 0. The molecular formula is C14H11Br2IO. The van der Waals surface area contributed by atoms with Crippen molar-refractivity contribution in [2.45, 2.75) is 4.83 Å². The summed E-state index contributed by atoms with van der Waals surface area (Å²) in [6.07, 6.45) is 0. The first-order valence-electron chi connectivity index (χ1n) is 5.35. The Labute approximate surface area is 137 Å². The molecule has 1 unspecified atom stereocenters. The van der Waals surface area contributed by atoms with Crippen molar-refractivity contribution in [2.75, 3.05) is 7.11 Å². The van der Waals surface area contributed by atoms with Crippen molar-refractivity contribution in [2.24, 2.45) is 0 Å². The van der Waals surface area contributed by atoms with Gasteiger partial charge < -0.3 is 4.74 Å². The maximum absolute atomic E-state index is 5.17. The van der Waals surface area contributed by atoms with Crippen LogP contribution in [0.5, 0.6) is 5.75 Å². The van der Waals surface area contributed by atoms with Gasteiger partial charge in [-0.15, -0.1) is 0 Å². The minimum atomic E-state index is 0.174.